The number of thiocarbonyl (C=S) groups is 1. The highest BCUT2D eigenvalue weighted by molar-refractivity contribution is 7.80. The third-order valence-corrected chi connectivity index (χ3v) is 3.11. The maximum Gasteiger partial charge on any atom is 0.230 e. The zero-order chi connectivity index (χ0) is 15.2. The van der Waals surface area contributed by atoms with E-state index >= 15 is 0 Å². The van der Waals surface area contributed by atoms with Crippen molar-refractivity contribution in [3.8, 4) is 0 Å². The van der Waals surface area contributed by atoms with Gasteiger partial charge >= 0.3 is 0 Å². The van der Waals surface area contributed by atoms with Gasteiger partial charge in [-0.25, -0.2) is 4.39 Å². The van der Waals surface area contributed by atoms with Gasteiger partial charge in [-0.05, 0) is 42.0 Å². The zero-order valence-corrected chi connectivity index (χ0v) is 12.5. The van der Waals surface area contributed by atoms with Crippen molar-refractivity contribution in [3.05, 3.63) is 64.9 Å². The summed E-state index contributed by atoms with van der Waals surface area (Å²) in [5.41, 5.74) is 1.03. The Labute approximate surface area is 132 Å². The van der Waals surface area contributed by atoms with Gasteiger partial charge in [-0.15, -0.1) is 0 Å². The summed E-state index contributed by atoms with van der Waals surface area (Å²) >= 11 is 10.7. The lowest BCUT2D eigenvalue weighted by Gasteiger charge is -2.10. The van der Waals surface area contributed by atoms with E-state index in [2.05, 4.69) is 10.6 Å². The van der Waals surface area contributed by atoms with Crippen LogP contribution in [0.1, 0.15) is 5.56 Å². The predicted octanol–water partition coefficient (Wildman–Crippen LogP) is 3.53. The highest BCUT2D eigenvalue weighted by atomic mass is 35.5. The Balaban J connectivity index is 1.89. The molecule has 0 aromatic heterocycles. The molecule has 1 amide bonds. The summed E-state index contributed by atoms with van der Waals surface area (Å²) in [6.45, 7) is 0. The quantitative estimate of drug-likeness (QED) is 0.849. The number of carbonyl (C=O) groups is 1. The van der Waals surface area contributed by atoms with E-state index in [0.717, 1.165) is 5.56 Å². The Morgan fingerprint density at radius 2 is 1.81 bits per heavy atom. The molecule has 2 aromatic rings. The molecule has 0 aliphatic rings. The van der Waals surface area contributed by atoms with E-state index in [1.165, 1.54) is 12.1 Å². The maximum atomic E-state index is 13.4. The number of halogens is 2. The van der Waals surface area contributed by atoms with Crippen LogP contribution in [0.4, 0.5) is 10.1 Å². The van der Waals surface area contributed by atoms with Crippen molar-refractivity contribution >= 4 is 40.5 Å². The first kappa shape index (κ1) is 15.4. The van der Waals surface area contributed by atoms with Crippen LogP contribution in [0.3, 0.4) is 0 Å². The number of rotatable bonds is 3. The van der Waals surface area contributed by atoms with Gasteiger partial charge in [-0.1, -0.05) is 35.9 Å². The Bertz CT molecular complexity index is 661. The van der Waals surface area contributed by atoms with Crippen LogP contribution in [0.2, 0.25) is 5.02 Å². The molecule has 0 unspecified atom stereocenters. The molecule has 0 spiro atoms. The molecule has 2 aromatic carbocycles. The molecule has 0 saturated heterocycles. The topological polar surface area (TPSA) is 41.1 Å². The summed E-state index contributed by atoms with van der Waals surface area (Å²) in [6, 6.07) is 13.0. The van der Waals surface area contributed by atoms with Crippen LogP contribution in [0.5, 0.6) is 0 Å². The third-order valence-electron chi connectivity index (χ3n) is 2.65. The standard InChI is InChI=1S/C15H12ClFN2OS/c16-11-7-5-10(6-8-11)9-14(20)19-15(21)18-13-4-2-1-3-12(13)17/h1-8H,9H2,(H2,18,19,20,21). The average Bonchev–Trinajstić information content (AvgIpc) is 2.44. The van der Waals surface area contributed by atoms with Crippen molar-refractivity contribution in [1.82, 2.24) is 5.32 Å². The van der Waals surface area contributed by atoms with Crippen molar-refractivity contribution < 1.29 is 9.18 Å². The molecule has 2 rings (SSSR count). The van der Waals surface area contributed by atoms with Crippen molar-refractivity contribution in [2.45, 2.75) is 6.42 Å². The summed E-state index contributed by atoms with van der Waals surface area (Å²) in [5.74, 6) is -0.724. The molecule has 0 saturated carbocycles. The van der Waals surface area contributed by atoms with E-state index in [-0.39, 0.29) is 23.1 Å². The minimum absolute atomic E-state index is 0.0547. The van der Waals surface area contributed by atoms with E-state index in [0.29, 0.717) is 5.02 Å². The lowest BCUT2D eigenvalue weighted by Crippen LogP contribution is -2.35. The van der Waals surface area contributed by atoms with Gasteiger partial charge in [-0.3, -0.25) is 4.79 Å². The molecule has 0 radical (unpaired) electrons. The SMILES string of the molecule is O=C(Cc1ccc(Cl)cc1)NC(=S)Nc1ccccc1F. The summed E-state index contributed by atoms with van der Waals surface area (Å²) in [6.07, 6.45) is 0.163. The highest BCUT2D eigenvalue weighted by Crippen LogP contribution is 2.12. The highest BCUT2D eigenvalue weighted by Gasteiger charge is 2.08. The van der Waals surface area contributed by atoms with Crippen LogP contribution in [0.25, 0.3) is 0 Å². The van der Waals surface area contributed by atoms with Gasteiger partial charge < -0.3 is 10.6 Å². The number of hydrogen-bond donors (Lipinski definition) is 2. The summed E-state index contributed by atoms with van der Waals surface area (Å²) in [5, 5.41) is 5.80. The number of carbonyl (C=O) groups excluding carboxylic acids is 1. The normalized spacial score (nSPS) is 10.0. The molecule has 0 bridgehead atoms. The van der Waals surface area contributed by atoms with Gasteiger partial charge in [0.1, 0.15) is 5.82 Å². The van der Waals surface area contributed by atoms with Gasteiger partial charge in [0.25, 0.3) is 0 Å². The van der Waals surface area contributed by atoms with Crippen molar-refractivity contribution in [2.24, 2.45) is 0 Å². The molecule has 2 N–H and O–H groups in total. The third kappa shape index (κ3) is 4.81. The molecular weight excluding hydrogens is 311 g/mol. The molecule has 0 heterocycles. The van der Waals surface area contributed by atoms with E-state index in [1.54, 1.807) is 36.4 Å². The van der Waals surface area contributed by atoms with Gasteiger partial charge in [0.05, 0.1) is 12.1 Å². The summed E-state index contributed by atoms with van der Waals surface area (Å²) in [4.78, 5) is 11.8. The Hall–Kier alpha value is -1.98. The summed E-state index contributed by atoms with van der Waals surface area (Å²) < 4.78 is 13.4. The fourth-order valence-corrected chi connectivity index (χ4v) is 2.02. The molecule has 0 atom stereocenters. The maximum absolute atomic E-state index is 13.4. The first-order valence-electron chi connectivity index (χ1n) is 6.14. The fraction of sp³-hybridized carbons (Fsp3) is 0.0667. The number of nitrogens with one attached hydrogen (secondary N) is 2. The molecular formula is C15H12ClFN2OS. The second-order valence-electron chi connectivity index (χ2n) is 4.29. The number of hydrogen-bond acceptors (Lipinski definition) is 2. The van der Waals surface area contributed by atoms with Gasteiger partial charge in [0, 0.05) is 5.02 Å². The van der Waals surface area contributed by atoms with E-state index in [1.807, 2.05) is 0 Å². The minimum Gasteiger partial charge on any atom is -0.330 e. The van der Waals surface area contributed by atoms with Crippen LogP contribution >= 0.6 is 23.8 Å². The molecule has 0 aliphatic heterocycles. The lowest BCUT2D eigenvalue weighted by molar-refractivity contribution is -0.119. The van der Waals surface area contributed by atoms with Crippen molar-refractivity contribution in [2.75, 3.05) is 5.32 Å². The fourth-order valence-electron chi connectivity index (χ4n) is 1.67. The van der Waals surface area contributed by atoms with E-state index in [4.69, 9.17) is 23.8 Å². The van der Waals surface area contributed by atoms with Gasteiger partial charge in [0.15, 0.2) is 5.11 Å². The molecule has 0 fully saturated rings. The van der Waals surface area contributed by atoms with Gasteiger partial charge in [-0.2, -0.15) is 0 Å². The average molecular weight is 323 g/mol. The van der Waals surface area contributed by atoms with Crippen LogP contribution in [0, 0.1) is 5.82 Å². The first-order chi connectivity index (χ1) is 10.0. The van der Waals surface area contributed by atoms with Gasteiger partial charge in [0.2, 0.25) is 5.91 Å². The van der Waals surface area contributed by atoms with Crippen LogP contribution in [-0.2, 0) is 11.2 Å². The molecule has 0 aliphatic carbocycles. The summed E-state index contributed by atoms with van der Waals surface area (Å²) in [7, 11) is 0. The minimum atomic E-state index is -0.438. The predicted molar refractivity (Wildman–Crippen MR) is 85.9 cm³/mol. The Morgan fingerprint density at radius 3 is 2.48 bits per heavy atom. The van der Waals surface area contributed by atoms with E-state index < -0.39 is 5.82 Å². The molecule has 3 nitrogen and oxygen atoms in total. The monoisotopic (exact) mass is 322 g/mol. The Morgan fingerprint density at radius 1 is 1.14 bits per heavy atom. The molecule has 108 valence electrons. The van der Waals surface area contributed by atoms with Crippen molar-refractivity contribution in [1.29, 1.82) is 0 Å². The number of para-hydroxylation sites is 1. The second kappa shape index (κ2) is 7.15. The zero-order valence-electron chi connectivity index (χ0n) is 10.9. The van der Waals surface area contributed by atoms with Crippen LogP contribution in [-0.4, -0.2) is 11.0 Å². The molecule has 6 heteroatoms. The number of anilines is 1. The Kier molecular flexibility index (Phi) is 5.25. The van der Waals surface area contributed by atoms with Crippen LogP contribution in [0.15, 0.2) is 48.5 Å². The van der Waals surface area contributed by atoms with E-state index in [9.17, 15) is 9.18 Å². The number of benzene rings is 2. The largest absolute Gasteiger partial charge is 0.330 e. The smallest absolute Gasteiger partial charge is 0.230 e. The molecule has 21 heavy (non-hydrogen) atoms. The second-order valence-corrected chi connectivity index (χ2v) is 5.13. The lowest BCUT2D eigenvalue weighted by atomic mass is 10.1. The van der Waals surface area contributed by atoms with Crippen LogP contribution < -0.4 is 10.6 Å². The number of amides is 1. The first-order valence-corrected chi connectivity index (χ1v) is 6.93. The van der Waals surface area contributed by atoms with Crippen molar-refractivity contribution in [3.63, 3.8) is 0 Å².